The van der Waals surface area contributed by atoms with Crippen molar-refractivity contribution in [1.82, 2.24) is 15.5 Å². The number of aliphatic hydroxyl groups excluding tert-OH is 1. The van der Waals surface area contributed by atoms with Crippen LogP contribution in [0.4, 0.5) is 0 Å². The Morgan fingerprint density at radius 3 is 2.32 bits per heavy atom. The maximum Gasteiger partial charge on any atom is 0.246 e. The van der Waals surface area contributed by atoms with Gasteiger partial charge in [-0.3, -0.25) is 9.59 Å². The summed E-state index contributed by atoms with van der Waals surface area (Å²) in [7, 11) is 3.18. The number of nitrogens with zero attached hydrogens (tertiary/aromatic N) is 1. The Morgan fingerprint density at radius 2 is 1.88 bits per heavy atom. The van der Waals surface area contributed by atoms with Gasteiger partial charge in [-0.1, -0.05) is 38.5 Å². The highest BCUT2D eigenvalue weighted by atomic mass is 16.3. The van der Waals surface area contributed by atoms with Gasteiger partial charge in [0.05, 0.1) is 12.1 Å². The van der Waals surface area contributed by atoms with Gasteiger partial charge in [-0.05, 0) is 90.9 Å². The molecule has 0 aromatic carbocycles. The van der Waals surface area contributed by atoms with Crippen molar-refractivity contribution >= 4 is 24.9 Å². The molecule has 2 aliphatic heterocycles. The minimum absolute atomic E-state index is 0.0208. The van der Waals surface area contributed by atoms with E-state index in [0.717, 1.165) is 64.5 Å². The molecule has 3 atom stereocenters. The molecule has 0 aromatic heterocycles. The number of hydrogen-bond acceptors (Lipinski definition) is 8. The number of likely N-dealkylation sites (tertiary alicyclic amines) is 1. The first-order valence-electron chi connectivity index (χ1n) is 15.1. The lowest BCUT2D eigenvalue weighted by Crippen LogP contribution is -2.59. The highest BCUT2D eigenvalue weighted by Gasteiger charge is 2.50. The van der Waals surface area contributed by atoms with Gasteiger partial charge in [0.15, 0.2) is 0 Å². The Balaban J connectivity index is -0.000000756. The quantitative estimate of drug-likeness (QED) is 0.285. The van der Waals surface area contributed by atoms with Gasteiger partial charge in [-0.15, -0.1) is 0 Å². The Hall–Kier alpha value is -2.40. The fourth-order valence-corrected chi connectivity index (χ4v) is 4.73. The summed E-state index contributed by atoms with van der Waals surface area (Å²) >= 11 is 0. The van der Waals surface area contributed by atoms with E-state index in [9.17, 15) is 14.4 Å². The third kappa shape index (κ3) is 16.6. The summed E-state index contributed by atoms with van der Waals surface area (Å²) in [4.78, 5) is 45.4. The van der Waals surface area contributed by atoms with E-state index in [2.05, 4.69) is 42.4 Å². The highest BCUT2D eigenvalue weighted by Crippen LogP contribution is 2.38. The molecule has 240 valence electrons. The first-order chi connectivity index (χ1) is 19.7. The molecule has 0 radical (unpaired) electrons. The maximum atomic E-state index is 13.1. The standard InChI is InChI=1S/C20H31N3O2.C4H8O2.C3H9N.C2H6.CH5N.CH2O/c1-15-7-3-4-8-16(13-15)14-20(19(25)21-2)10-6-12-23(20)18(24)17-9-5-11-22-17;1-4(6)2-3-5;1-2-3-4;3*1-2/h8,13,17,22H,3-7,9-12,14H2,1-2H3,(H,21,25);3-4,6H,2H2,1H3;2-4H2,1H3;1-2H3;2H2,1H3;1H2/t17?,20-;4-;;;;/m01..../s1. The third-order valence-electron chi connectivity index (χ3n) is 6.60. The number of likely N-dealkylation sites (N-methyl/N-ethyl adjacent to an activating group) is 1. The predicted octanol–water partition coefficient (Wildman–Crippen LogP) is 3.02. The van der Waals surface area contributed by atoms with E-state index in [1.165, 1.54) is 18.2 Å². The van der Waals surface area contributed by atoms with Gasteiger partial charge in [-0.2, -0.15) is 0 Å². The Kier molecular flexibility index (Phi) is 29.1. The number of nitrogens with one attached hydrogen (secondary N) is 2. The average Bonchev–Trinajstić information content (AvgIpc) is 3.65. The van der Waals surface area contributed by atoms with E-state index in [1.54, 1.807) is 14.0 Å². The molecular weight excluding hydrogens is 522 g/mol. The zero-order chi connectivity index (χ0) is 32.3. The Bertz CT molecular complexity index is 749. The molecule has 3 aliphatic rings. The molecule has 41 heavy (non-hydrogen) atoms. The van der Waals surface area contributed by atoms with Gasteiger partial charge in [-0.25, -0.2) is 0 Å². The summed E-state index contributed by atoms with van der Waals surface area (Å²) in [6.45, 7) is 14.2. The lowest BCUT2D eigenvalue weighted by Gasteiger charge is -2.38. The van der Waals surface area contributed by atoms with E-state index in [4.69, 9.17) is 15.6 Å². The molecule has 10 heteroatoms. The molecule has 2 fully saturated rings. The lowest BCUT2D eigenvalue weighted by atomic mass is 9.85. The zero-order valence-corrected chi connectivity index (χ0v) is 27.0. The minimum Gasteiger partial charge on any atom is -0.393 e. The summed E-state index contributed by atoms with van der Waals surface area (Å²) in [5, 5.41) is 14.5. The monoisotopic (exact) mass is 583 g/mol. The summed E-state index contributed by atoms with van der Waals surface area (Å²) in [6.07, 6.45) is 13.6. The number of aliphatic hydroxyl groups is 1. The number of amides is 2. The van der Waals surface area contributed by atoms with Gasteiger partial charge < -0.3 is 41.7 Å². The van der Waals surface area contributed by atoms with Crippen molar-refractivity contribution in [1.29, 1.82) is 0 Å². The van der Waals surface area contributed by atoms with E-state index in [1.807, 2.05) is 25.5 Å². The van der Waals surface area contributed by atoms with E-state index in [0.29, 0.717) is 19.3 Å². The summed E-state index contributed by atoms with van der Waals surface area (Å²) < 4.78 is 0. The van der Waals surface area contributed by atoms with Crippen molar-refractivity contribution in [2.45, 2.75) is 117 Å². The van der Waals surface area contributed by atoms with E-state index in [-0.39, 0.29) is 24.3 Å². The van der Waals surface area contributed by atoms with Crippen LogP contribution in [-0.2, 0) is 19.2 Å². The van der Waals surface area contributed by atoms with Crippen LogP contribution in [0.2, 0.25) is 0 Å². The fourth-order valence-electron chi connectivity index (χ4n) is 4.73. The van der Waals surface area contributed by atoms with Gasteiger partial charge in [0.25, 0.3) is 0 Å². The molecule has 0 spiro atoms. The van der Waals surface area contributed by atoms with E-state index < -0.39 is 11.6 Å². The Morgan fingerprint density at radius 1 is 1.27 bits per heavy atom. The molecule has 7 N–H and O–H groups in total. The van der Waals surface area contributed by atoms with Crippen LogP contribution in [0.3, 0.4) is 0 Å². The number of nitrogens with two attached hydrogens (primary N) is 2. The van der Waals surface area contributed by atoms with Crippen LogP contribution in [0.25, 0.3) is 0 Å². The average molecular weight is 584 g/mol. The first-order valence-corrected chi connectivity index (χ1v) is 15.1. The van der Waals surface area contributed by atoms with Crippen molar-refractivity contribution in [2.75, 3.05) is 33.7 Å². The number of aldehydes is 1. The van der Waals surface area contributed by atoms with Crippen LogP contribution in [-0.4, -0.2) is 86.3 Å². The number of hydrogen-bond donors (Lipinski definition) is 5. The minimum atomic E-state index is -0.733. The largest absolute Gasteiger partial charge is 0.393 e. The van der Waals surface area contributed by atoms with Crippen LogP contribution < -0.4 is 22.1 Å². The van der Waals surface area contributed by atoms with Gasteiger partial charge >= 0.3 is 0 Å². The molecule has 0 saturated carbocycles. The fraction of sp³-hybridized carbons (Fsp3) is 0.742. The normalized spacial score (nSPS) is 21.3. The van der Waals surface area contributed by atoms with Crippen molar-refractivity contribution in [2.24, 2.45) is 11.5 Å². The van der Waals surface area contributed by atoms with Gasteiger partial charge in [0.1, 0.15) is 18.6 Å². The second kappa shape index (κ2) is 27.8. The molecule has 2 saturated heterocycles. The number of rotatable bonds is 7. The summed E-state index contributed by atoms with van der Waals surface area (Å²) in [5.41, 5.74) is 11.4. The lowest BCUT2D eigenvalue weighted by molar-refractivity contribution is -0.146. The second-order valence-corrected chi connectivity index (χ2v) is 9.73. The first kappa shape index (κ1) is 43.1. The van der Waals surface area contributed by atoms with Crippen molar-refractivity contribution in [3.05, 3.63) is 23.3 Å². The predicted molar refractivity (Wildman–Crippen MR) is 169 cm³/mol. The molecule has 2 amide bonds. The van der Waals surface area contributed by atoms with E-state index >= 15 is 0 Å². The molecule has 10 nitrogen and oxygen atoms in total. The van der Waals surface area contributed by atoms with Crippen LogP contribution in [0.5, 0.6) is 0 Å². The van der Waals surface area contributed by atoms with Gasteiger partial charge in [0, 0.05) is 26.4 Å². The molecule has 1 unspecified atom stereocenters. The number of allylic oxidation sites excluding steroid dienone is 3. The van der Waals surface area contributed by atoms with Crippen LogP contribution in [0.1, 0.15) is 98.8 Å². The van der Waals surface area contributed by atoms with Crippen molar-refractivity contribution in [3.63, 3.8) is 0 Å². The SMILES string of the molecule is C=O.CC.CCCN.CN.CNC(=O)[C@@]1(CC2=CCCCC(C)=C2)CCCN1C(=O)C1CCCN1.C[C@@H](O)CC=O. The van der Waals surface area contributed by atoms with Gasteiger partial charge in [0.2, 0.25) is 11.8 Å². The summed E-state index contributed by atoms with van der Waals surface area (Å²) in [5.74, 6) is 0.0843. The van der Waals surface area contributed by atoms with Crippen molar-refractivity contribution in [3.8, 4) is 0 Å². The maximum absolute atomic E-state index is 13.1. The second-order valence-electron chi connectivity index (χ2n) is 9.73. The van der Waals surface area contributed by atoms with Crippen LogP contribution in [0, 0.1) is 0 Å². The van der Waals surface area contributed by atoms with Crippen LogP contribution in [0.15, 0.2) is 23.3 Å². The number of carbonyl (C=O) groups excluding carboxylic acids is 4. The summed E-state index contributed by atoms with van der Waals surface area (Å²) in [6, 6.07) is -0.123. The van der Waals surface area contributed by atoms with Crippen molar-refractivity contribution < 1.29 is 24.3 Å². The molecule has 3 rings (SSSR count). The molecule has 2 heterocycles. The third-order valence-corrected chi connectivity index (χ3v) is 6.60. The molecular formula is C31H61N5O5. The molecule has 1 aliphatic carbocycles. The Labute approximate surface area is 249 Å². The highest BCUT2D eigenvalue weighted by molar-refractivity contribution is 5.94. The zero-order valence-electron chi connectivity index (χ0n) is 27.0. The smallest absolute Gasteiger partial charge is 0.246 e. The molecule has 0 bridgehead atoms. The number of carbonyl (C=O) groups is 4. The molecule has 0 aromatic rings. The topological polar surface area (TPSA) is 168 Å². The van der Waals surface area contributed by atoms with Crippen LogP contribution >= 0.6 is 0 Å².